The molecule has 1 amide bonds. The van der Waals surface area contributed by atoms with E-state index in [4.69, 9.17) is 4.74 Å². The summed E-state index contributed by atoms with van der Waals surface area (Å²) in [5, 5.41) is 0. The highest BCUT2D eigenvalue weighted by Crippen LogP contribution is 2.29. The van der Waals surface area contributed by atoms with E-state index in [0.29, 0.717) is 12.6 Å². The normalized spacial score (nSPS) is 17.4. The van der Waals surface area contributed by atoms with E-state index in [1.54, 1.807) is 0 Å². The molecule has 138 valence electrons. The van der Waals surface area contributed by atoms with Gasteiger partial charge in [0.25, 0.3) is 11.5 Å². The minimum atomic E-state index is -4.49. The first-order chi connectivity index (χ1) is 12.2. The van der Waals surface area contributed by atoms with E-state index in [1.807, 2.05) is 0 Å². The molecule has 1 aliphatic rings. The van der Waals surface area contributed by atoms with E-state index in [1.165, 1.54) is 4.90 Å². The van der Waals surface area contributed by atoms with Crippen LogP contribution in [0.5, 0.6) is 5.88 Å². The Bertz CT molecular complexity index is 864. The number of carbonyl (C=O) groups is 1. The predicted molar refractivity (Wildman–Crippen MR) is 81.2 cm³/mol. The van der Waals surface area contributed by atoms with Crippen LogP contribution in [0, 0.1) is 5.82 Å². The van der Waals surface area contributed by atoms with Gasteiger partial charge in [-0.3, -0.25) is 9.59 Å². The van der Waals surface area contributed by atoms with Crippen molar-refractivity contribution in [2.75, 3.05) is 13.1 Å². The Labute approximate surface area is 144 Å². The maximum atomic E-state index is 13.2. The van der Waals surface area contributed by atoms with Crippen LogP contribution in [-0.4, -0.2) is 40.0 Å². The second kappa shape index (κ2) is 6.77. The molecule has 0 radical (unpaired) electrons. The quantitative estimate of drug-likeness (QED) is 0.840. The maximum absolute atomic E-state index is 13.2. The molecule has 2 aromatic rings. The number of hydrogen-bond acceptors (Lipinski definition) is 4. The summed E-state index contributed by atoms with van der Waals surface area (Å²) in [5.41, 5.74) is -1.91. The standard InChI is InChI=1S/C16H13F4N3O3/c17-10-5-12(14(24)22-7-10)15(25)23-4-3-11(8-23)26-13-2-1-9(6-21-13)16(18,19)20/h1-2,5-7,11H,3-4,8H2,(H,22,24). The molecule has 3 heterocycles. The summed E-state index contributed by atoms with van der Waals surface area (Å²) in [5.74, 6) is -1.38. The summed E-state index contributed by atoms with van der Waals surface area (Å²) in [4.78, 5) is 31.0. The minimum Gasteiger partial charge on any atom is -0.472 e. The number of aromatic nitrogens is 2. The number of hydrogen-bond donors (Lipinski definition) is 1. The average molecular weight is 371 g/mol. The van der Waals surface area contributed by atoms with E-state index in [2.05, 4.69) is 9.97 Å². The Hall–Kier alpha value is -2.91. The van der Waals surface area contributed by atoms with Crippen LogP contribution in [0.25, 0.3) is 0 Å². The Kier molecular flexibility index (Phi) is 4.66. The Morgan fingerprint density at radius 3 is 2.77 bits per heavy atom. The molecule has 0 saturated carbocycles. The fourth-order valence-electron chi connectivity index (χ4n) is 2.58. The van der Waals surface area contributed by atoms with E-state index >= 15 is 0 Å². The van der Waals surface area contributed by atoms with Crippen molar-refractivity contribution in [3.05, 3.63) is 57.9 Å². The van der Waals surface area contributed by atoms with Crippen LogP contribution in [0.15, 0.2) is 35.4 Å². The van der Waals surface area contributed by atoms with Gasteiger partial charge < -0.3 is 14.6 Å². The Morgan fingerprint density at radius 1 is 1.35 bits per heavy atom. The number of H-pyrrole nitrogens is 1. The summed E-state index contributed by atoms with van der Waals surface area (Å²) >= 11 is 0. The SMILES string of the molecule is O=C(c1cc(F)c[nH]c1=O)N1CCC(Oc2ccc(C(F)(F)F)cn2)C1. The molecule has 1 atom stereocenters. The van der Waals surface area contributed by atoms with Crippen molar-refractivity contribution in [2.45, 2.75) is 18.7 Å². The van der Waals surface area contributed by atoms with Gasteiger partial charge in [-0.1, -0.05) is 0 Å². The summed E-state index contributed by atoms with van der Waals surface area (Å²) in [6.45, 7) is 0.373. The molecule has 0 aliphatic carbocycles. The van der Waals surface area contributed by atoms with Crippen molar-refractivity contribution < 1.29 is 27.1 Å². The lowest BCUT2D eigenvalue weighted by Gasteiger charge is -2.17. The van der Waals surface area contributed by atoms with Crippen molar-refractivity contribution in [3.63, 3.8) is 0 Å². The number of nitrogens with zero attached hydrogens (tertiary/aromatic N) is 2. The molecule has 2 aromatic heterocycles. The molecule has 1 aliphatic heterocycles. The lowest BCUT2D eigenvalue weighted by Crippen LogP contribution is -2.34. The van der Waals surface area contributed by atoms with Crippen molar-refractivity contribution in [1.82, 2.24) is 14.9 Å². The van der Waals surface area contributed by atoms with Crippen LogP contribution in [-0.2, 0) is 6.18 Å². The summed E-state index contributed by atoms with van der Waals surface area (Å²) in [7, 11) is 0. The first-order valence-corrected chi connectivity index (χ1v) is 7.61. The minimum absolute atomic E-state index is 0.000835. The first kappa shape index (κ1) is 17.9. The van der Waals surface area contributed by atoms with Crippen LogP contribution in [0.1, 0.15) is 22.3 Å². The number of aromatic amines is 1. The molecule has 0 bridgehead atoms. The largest absolute Gasteiger partial charge is 0.472 e. The summed E-state index contributed by atoms with van der Waals surface area (Å²) in [6, 6.07) is 2.81. The van der Waals surface area contributed by atoms with Crippen molar-refractivity contribution in [3.8, 4) is 5.88 Å². The maximum Gasteiger partial charge on any atom is 0.417 e. The lowest BCUT2D eigenvalue weighted by atomic mass is 10.2. The third-order valence-electron chi connectivity index (χ3n) is 3.88. The van der Waals surface area contributed by atoms with Crippen LogP contribution in [0.2, 0.25) is 0 Å². The number of rotatable bonds is 3. The third-order valence-corrected chi connectivity index (χ3v) is 3.88. The second-order valence-corrected chi connectivity index (χ2v) is 5.72. The molecule has 1 saturated heterocycles. The Balaban J connectivity index is 1.64. The van der Waals surface area contributed by atoms with Gasteiger partial charge >= 0.3 is 6.18 Å². The van der Waals surface area contributed by atoms with Crippen LogP contribution >= 0.6 is 0 Å². The zero-order valence-corrected chi connectivity index (χ0v) is 13.2. The van der Waals surface area contributed by atoms with Crippen molar-refractivity contribution in [1.29, 1.82) is 0 Å². The van der Waals surface area contributed by atoms with E-state index in [-0.39, 0.29) is 24.5 Å². The zero-order valence-electron chi connectivity index (χ0n) is 13.2. The van der Waals surface area contributed by atoms with Crippen molar-refractivity contribution >= 4 is 5.91 Å². The highest BCUT2D eigenvalue weighted by Gasteiger charge is 2.32. The topological polar surface area (TPSA) is 75.3 Å². The molecular weight excluding hydrogens is 358 g/mol. The number of halogens is 4. The van der Waals surface area contributed by atoms with Gasteiger partial charge in [0.2, 0.25) is 5.88 Å². The number of alkyl halides is 3. The number of ether oxygens (including phenoxy) is 1. The third kappa shape index (κ3) is 3.84. The summed E-state index contributed by atoms with van der Waals surface area (Å²) in [6.07, 6.45) is -3.05. The van der Waals surface area contributed by atoms with E-state index in [0.717, 1.165) is 24.4 Å². The van der Waals surface area contributed by atoms with Gasteiger partial charge in [-0.2, -0.15) is 13.2 Å². The van der Waals surface area contributed by atoms with E-state index < -0.39 is 35.1 Å². The van der Waals surface area contributed by atoms with Crippen molar-refractivity contribution in [2.24, 2.45) is 0 Å². The number of likely N-dealkylation sites (tertiary alicyclic amines) is 1. The highest BCUT2D eigenvalue weighted by molar-refractivity contribution is 5.94. The van der Waals surface area contributed by atoms with Crippen LogP contribution < -0.4 is 10.3 Å². The fraction of sp³-hybridized carbons (Fsp3) is 0.312. The van der Waals surface area contributed by atoms with E-state index in [9.17, 15) is 27.2 Å². The van der Waals surface area contributed by atoms with Gasteiger partial charge in [0, 0.05) is 31.4 Å². The van der Waals surface area contributed by atoms with Gasteiger partial charge in [0.15, 0.2) is 0 Å². The smallest absolute Gasteiger partial charge is 0.417 e. The molecule has 6 nitrogen and oxygen atoms in total. The number of amides is 1. The number of nitrogens with one attached hydrogen (secondary N) is 1. The average Bonchev–Trinajstić information content (AvgIpc) is 3.04. The molecule has 1 fully saturated rings. The van der Waals surface area contributed by atoms with Gasteiger partial charge in [0.05, 0.1) is 12.1 Å². The monoisotopic (exact) mass is 371 g/mol. The van der Waals surface area contributed by atoms with Gasteiger partial charge in [-0.05, 0) is 12.1 Å². The molecule has 1 N–H and O–H groups in total. The molecule has 1 unspecified atom stereocenters. The van der Waals surface area contributed by atoms with Crippen LogP contribution in [0.4, 0.5) is 17.6 Å². The molecule has 0 aromatic carbocycles. The van der Waals surface area contributed by atoms with Gasteiger partial charge in [0.1, 0.15) is 17.5 Å². The predicted octanol–water partition coefficient (Wildman–Crippen LogP) is 2.22. The zero-order chi connectivity index (χ0) is 18.9. The van der Waals surface area contributed by atoms with Gasteiger partial charge in [-0.25, -0.2) is 9.37 Å². The number of carbonyl (C=O) groups excluding carboxylic acids is 1. The summed E-state index contributed by atoms with van der Waals surface area (Å²) < 4.78 is 56.2. The number of pyridine rings is 2. The molecule has 26 heavy (non-hydrogen) atoms. The molecular formula is C16H13F4N3O3. The fourth-order valence-corrected chi connectivity index (χ4v) is 2.58. The first-order valence-electron chi connectivity index (χ1n) is 7.61. The molecule has 10 heteroatoms. The van der Waals surface area contributed by atoms with Gasteiger partial charge in [-0.15, -0.1) is 0 Å². The lowest BCUT2D eigenvalue weighted by molar-refractivity contribution is -0.137. The second-order valence-electron chi connectivity index (χ2n) is 5.72. The highest BCUT2D eigenvalue weighted by atomic mass is 19.4. The molecule has 0 spiro atoms. The van der Waals surface area contributed by atoms with Crippen LogP contribution in [0.3, 0.4) is 0 Å². The Morgan fingerprint density at radius 2 is 2.12 bits per heavy atom. The molecule has 3 rings (SSSR count).